The van der Waals surface area contributed by atoms with Crippen LogP contribution in [0.4, 0.5) is 0 Å². The molecule has 0 spiro atoms. The number of nitrogens with zero attached hydrogens (tertiary/aromatic N) is 1. The molecule has 0 aliphatic heterocycles. The van der Waals surface area contributed by atoms with Crippen LogP contribution in [0, 0.1) is 11.3 Å². The monoisotopic (exact) mass is 309 g/mol. The van der Waals surface area contributed by atoms with E-state index in [0.717, 1.165) is 0 Å². The summed E-state index contributed by atoms with van der Waals surface area (Å²) < 4.78 is 4.43. The average Bonchev–Trinajstić information content (AvgIpc) is 2.23. The van der Waals surface area contributed by atoms with Crippen LogP contribution in [0.2, 0.25) is 15.1 Å². The van der Waals surface area contributed by atoms with E-state index in [1.807, 2.05) is 0 Å². The summed E-state index contributed by atoms with van der Waals surface area (Å²) >= 11 is 16.9. The van der Waals surface area contributed by atoms with E-state index >= 15 is 0 Å². The smallest absolute Gasteiger partial charge is 0.422 e. The van der Waals surface area contributed by atoms with E-state index in [1.165, 1.54) is 19.1 Å². The Morgan fingerprint density at radius 2 is 1.67 bits per heavy atom. The first-order chi connectivity index (χ1) is 8.33. The predicted molar refractivity (Wildman–Crippen MR) is 66.0 cm³/mol. The van der Waals surface area contributed by atoms with Crippen molar-refractivity contribution in [1.29, 1.82) is 5.26 Å². The van der Waals surface area contributed by atoms with E-state index in [9.17, 15) is 9.59 Å². The number of benzene rings is 1. The molecule has 0 saturated carbocycles. The van der Waals surface area contributed by atoms with Gasteiger partial charge in [-0.25, -0.2) is 9.59 Å². The van der Waals surface area contributed by atoms with Gasteiger partial charge < -0.3 is 9.84 Å². The molecule has 0 fully saturated rings. The van der Waals surface area contributed by atoms with E-state index in [1.54, 1.807) is 6.07 Å². The van der Waals surface area contributed by atoms with E-state index < -0.39 is 11.9 Å². The summed E-state index contributed by atoms with van der Waals surface area (Å²) in [6.07, 6.45) is 0. The molecule has 0 aromatic heterocycles. The zero-order chi connectivity index (χ0) is 14.3. The Kier molecular flexibility index (Phi) is 7.13. The van der Waals surface area contributed by atoms with Crippen molar-refractivity contribution in [3.05, 3.63) is 27.2 Å². The zero-order valence-corrected chi connectivity index (χ0v) is 11.2. The van der Waals surface area contributed by atoms with Gasteiger partial charge in [-0.05, 0) is 12.1 Å². The number of carbonyl (C=O) groups is 2. The van der Waals surface area contributed by atoms with E-state index in [2.05, 4.69) is 4.74 Å². The van der Waals surface area contributed by atoms with Crippen molar-refractivity contribution in [2.24, 2.45) is 0 Å². The lowest BCUT2D eigenvalue weighted by atomic mass is 10.3. The third-order valence-corrected chi connectivity index (χ3v) is 2.11. The quantitative estimate of drug-likeness (QED) is 0.489. The lowest BCUT2D eigenvalue weighted by Crippen LogP contribution is -2.19. The number of ether oxygens (including phenoxy) is 1. The first-order valence-electron chi connectivity index (χ1n) is 4.24. The minimum absolute atomic E-state index is 0.0397. The molecular weight excluding hydrogens is 304 g/mol. The lowest BCUT2D eigenvalue weighted by Gasteiger charge is -2.06. The third kappa shape index (κ3) is 5.23. The Balaban J connectivity index is 0.000000873. The highest BCUT2D eigenvalue weighted by molar-refractivity contribution is 6.40. The molecular formula is C10H6Cl3NO4. The number of halogens is 3. The predicted octanol–water partition coefficient (Wildman–Crippen LogP) is 3.17. The van der Waals surface area contributed by atoms with Gasteiger partial charge in [-0.3, -0.25) is 0 Å². The summed E-state index contributed by atoms with van der Waals surface area (Å²) in [7, 11) is 0. The van der Waals surface area contributed by atoms with Crippen molar-refractivity contribution in [3.8, 4) is 11.8 Å². The Morgan fingerprint density at radius 3 is 2.00 bits per heavy atom. The number of aliphatic carboxylic acids is 1. The Bertz CT molecular complexity index is 487. The Hall–Kier alpha value is -1.48. The highest BCUT2D eigenvalue weighted by Gasteiger charge is 2.18. The molecule has 0 heterocycles. The van der Waals surface area contributed by atoms with Crippen molar-refractivity contribution < 1.29 is 19.4 Å². The zero-order valence-electron chi connectivity index (χ0n) is 8.91. The molecule has 0 aliphatic rings. The van der Waals surface area contributed by atoms with Gasteiger partial charge in [0.2, 0.25) is 0 Å². The second-order valence-corrected chi connectivity index (χ2v) is 3.87. The normalized spacial score (nSPS) is 8.61. The summed E-state index contributed by atoms with van der Waals surface area (Å²) in [4.78, 5) is 20.9. The summed E-state index contributed by atoms with van der Waals surface area (Å²) in [5, 5.41) is 15.8. The van der Waals surface area contributed by atoms with Crippen molar-refractivity contribution >= 4 is 46.7 Å². The molecule has 0 amide bonds. The van der Waals surface area contributed by atoms with Gasteiger partial charge in [0.25, 0.3) is 0 Å². The van der Waals surface area contributed by atoms with Crippen LogP contribution in [-0.4, -0.2) is 17.0 Å². The molecule has 0 bridgehead atoms. The standard InChI is InChI=1S/C8H3Cl3O4.C2H3N/c9-3-1-4(10)6(5(11)2-3)15-8(14)7(12)13;1-2-3/h1-2H,(H,12,13);1H3. The van der Waals surface area contributed by atoms with Crippen LogP contribution in [-0.2, 0) is 9.59 Å². The molecule has 5 nitrogen and oxygen atoms in total. The number of esters is 1. The van der Waals surface area contributed by atoms with Crippen LogP contribution in [0.5, 0.6) is 5.75 Å². The van der Waals surface area contributed by atoms with Gasteiger partial charge >= 0.3 is 11.9 Å². The molecule has 18 heavy (non-hydrogen) atoms. The van der Waals surface area contributed by atoms with E-state index in [-0.39, 0.29) is 20.8 Å². The van der Waals surface area contributed by atoms with Gasteiger partial charge in [0.05, 0.1) is 16.1 Å². The topological polar surface area (TPSA) is 87.4 Å². The molecule has 0 aliphatic carbocycles. The highest BCUT2D eigenvalue weighted by atomic mass is 35.5. The number of nitriles is 1. The van der Waals surface area contributed by atoms with Crippen LogP contribution >= 0.6 is 34.8 Å². The molecule has 0 unspecified atom stereocenters. The second-order valence-electron chi connectivity index (χ2n) is 2.62. The SMILES string of the molecule is CC#N.O=C(O)C(=O)Oc1c(Cl)cc(Cl)cc1Cl. The molecule has 1 aromatic rings. The highest BCUT2D eigenvalue weighted by Crippen LogP contribution is 2.35. The van der Waals surface area contributed by atoms with Crippen LogP contribution in [0.1, 0.15) is 6.92 Å². The number of carboxylic acid groups (broad SMARTS) is 1. The number of hydrogen-bond acceptors (Lipinski definition) is 4. The van der Waals surface area contributed by atoms with Crippen molar-refractivity contribution in [3.63, 3.8) is 0 Å². The van der Waals surface area contributed by atoms with Crippen molar-refractivity contribution in [2.45, 2.75) is 6.92 Å². The van der Waals surface area contributed by atoms with Gasteiger partial charge in [-0.1, -0.05) is 34.8 Å². The van der Waals surface area contributed by atoms with Crippen LogP contribution < -0.4 is 4.74 Å². The minimum atomic E-state index is -1.74. The number of carbonyl (C=O) groups excluding carboxylic acids is 1. The maximum atomic E-state index is 10.7. The number of hydrogen-bond donors (Lipinski definition) is 1. The van der Waals surface area contributed by atoms with Crippen LogP contribution in [0.25, 0.3) is 0 Å². The van der Waals surface area contributed by atoms with E-state index in [0.29, 0.717) is 0 Å². The van der Waals surface area contributed by atoms with E-state index in [4.69, 9.17) is 45.2 Å². The first-order valence-corrected chi connectivity index (χ1v) is 5.37. The minimum Gasteiger partial charge on any atom is -0.473 e. The molecule has 1 rings (SSSR count). The molecule has 96 valence electrons. The molecule has 1 N–H and O–H groups in total. The Labute approximate surface area is 117 Å². The number of rotatable bonds is 1. The molecule has 0 radical (unpaired) electrons. The summed E-state index contributed by atoms with van der Waals surface area (Å²) in [6.45, 7) is 1.43. The maximum Gasteiger partial charge on any atom is 0.422 e. The van der Waals surface area contributed by atoms with Gasteiger partial charge in [0.1, 0.15) is 0 Å². The van der Waals surface area contributed by atoms with Gasteiger partial charge in [-0.2, -0.15) is 5.26 Å². The third-order valence-electron chi connectivity index (χ3n) is 1.33. The second kappa shape index (κ2) is 7.77. The molecule has 1 aromatic carbocycles. The number of carboxylic acids is 1. The van der Waals surface area contributed by atoms with Crippen LogP contribution in [0.3, 0.4) is 0 Å². The van der Waals surface area contributed by atoms with Crippen LogP contribution in [0.15, 0.2) is 12.1 Å². The first kappa shape index (κ1) is 16.5. The van der Waals surface area contributed by atoms with Crippen molar-refractivity contribution in [1.82, 2.24) is 0 Å². The summed E-state index contributed by atoms with van der Waals surface area (Å²) in [6, 6.07) is 4.30. The van der Waals surface area contributed by atoms with Gasteiger partial charge in [0, 0.05) is 11.9 Å². The Morgan fingerprint density at radius 1 is 1.28 bits per heavy atom. The fourth-order valence-electron chi connectivity index (χ4n) is 0.763. The van der Waals surface area contributed by atoms with Gasteiger partial charge in [-0.15, -0.1) is 0 Å². The molecule has 0 atom stereocenters. The molecule has 8 heteroatoms. The van der Waals surface area contributed by atoms with Crippen molar-refractivity contribution in [2.75, 3.05) is 0 Å². The van der Waals surface area contributed by atoms with Gasteiger partial charge in [0.15, 0.2) is 5.75 Å². The molecule has 0 saturated heterocycles. The fraction of sp³-hybridized carbons (Fsp3) is 0.100. The summed E-state index contributed by atoms with van der Waals surface area (Å²) in [5.74, 6) is -3.44. The fourth-order valence-corrected chi connectivity index (χ4v) is 1.66. The average molecular weight is 311 g/mol. The lowest BCUT2D eigenvalue weighted by molar-refractivity contribution is -0.158. The summed E-state index contributed by atoms with van der Waals surface area (Å²) in [5.41, 5.74) is 0. The largest absolute Gasteiger partial charge is 0.473 e. The maximum absolute atomic E-state index is 10.7.